The molecule has 0 fully saturated rings. The summed E-state index contributed by atoms with van der Waals surface area (Å²) in [4.78, 5) is 20.2. The van der Waals surface area contributed by atoms with Crippen molar-refractivity contribution in [1.29, 1.82) is 0 Å². The molecule has 1 amide bonds. The van der Waals surface area contributed by atoms with E-state index in [1.807, 2.05) is 30.3 Å². The van der Waals surface area contributed by atoms with E-state index in [4.69, 9.17) is 0 Å². The van der Waals surface area contributed by atoms with E-state index in [0.29, 0.717) is 18.1 Å². The Bertz CT molecular complexity index is 703. The van der Waals surface area contributed by atoms with Gasteiger partial charge in [-0.2, -0.15) is 5.10 Å². The smallest absolute Gasteiger partial charge is 0.270 e. The van der Waals surface area contributed by atoms with Crippen LogP contribution >= 0.6 is 0 Å². The van der Waals surface area contributed by atoms with Gasteiger partial charge in [0.25, 0.3) is 5.91 Å². The van der Waals surface area contributed by atoms with Crippen molar-refractivity contribution >= 4 is 16.7 Å². The molecule has 2 aromatic heterocycles. The number of pyridine rings is 1. The summed E-state index contributed by atoms with van der Waals surface area (Å²) in [5, 5.41) is 11.0. The van der Waals surface area contributed by atoms with Gasteiger partial charge in [0.05, 0.1) is 6.54 Å². The van der Waals surface area contributed by atoms with Crippen LogP contribution in [0.5, 0.6) is 0 Å². The second-order valence-corrected chi connectivity index (χ2v) is 4.00. The highest BCUT2D eigenvalue weighted by Crippen LogP contribution is 2.15. The molecule has 2 N–H and O–H groups in total. The number of carbonyl (C=O) groups is 1. The highest BCUT2D eigenvalue weighted by Gasteiger charge is 2.11. The number of aromatic amines is 1. The zero-order valence-electron chi connectivity index (χ0n) is 10.00. The molecule has 94 valence electrons. The van der Waals surface area contributed by atoms with Crippen LogP contribution in [0.2, 0.25) is 0 Å². The van der Waals surface area contributed by atoms with Gasteiger partial charge in [0.2, 0.25) is 0 Å². The van der Waals surface area contributed by atoms with E-state index in [9.17, 15) is 4.79 Å². The van der Waals surface area contributed by atoms with E-state index in [0.717, 1.165) is 10.8 Å². The standard InChI is InChI=1S/C13H11N5O/c19-13(15-7-11-16-8-17-18-11)12-10-4-2-1-3-9(10)5-6-14-12/h1-6,8H,7H2,(H,15,19)(H,16,17,18). The van der Waals surface area contributed by atoms with Crippen LogP contribution < -0.4 is 5.32 Å². The minimum atomic E-state index is -0.229. The molecule has 0 radical (unpaired) electrons. The van der Waals surface area contributed by atoms with Gasteiger partial charge >= 0.3 is 0 Å². The highest BCUT2D eigenvalue weighted by molar-refractivity contribution is 6.05. The summed E-state index contributed by atoms with van der Waals surface area (Å²) in [5.41, 5.74) is 0.414. The van der Waals surface area contributed by atoms with Crippen molar-refractivity contribution in [2.45, 2.75) is 6.54 Å². The van der Waals surface area contributed by atoms with Crippen LogP contribution in [0.25, 0.3) is 10.8 Å². The normalized spacial score (nSPS) is 10.5. The summed E-state index contributed by atoms with van der Waals surface area (Å²) in [6, 6.07) is 9.52. The van der Waals surface area contributed by atoms with Gasteiger partial charge in [0, 0.05) is 11.6 Å². The number of hydrogen-bond donors (Lipinski definition) is 2. The Morgan fingerprint density at radius 2 is 2.11 bits per heavy atom. The van der Waals surface area contributed by atoms with Crippen LogP contribution in [-0.4, -0.2) is 26.1 Å². The van der Waals surface area contributed by atoms with E-state index in [2.05, 4.69) is 25.5 Å². The Morgan fingerprint density at radius 1 is 1.21 bits per heavy atom. The Labute approximate surface area is 108 Å². The summed E-state index contributed by atoms with van der Waals surface area (Å²) in [6.07, 6.45) is 3.03. The largest absolute Gasteiger partial charge is 0.343 e. The van der Waals surface area contributed by atoms with E-state index in [1.165, 1.54) is 6.33 Å². The highest BCUT2D eigenvalue weighted by atomic mass is 16.1. The maximum Gasteiger partial charge on any atom is 0.270 e. The molecule has 0 aliphatic rings. The van der Waals surface area contributed by atoms with Crippen LogP contribution in [0.4, 0.5) is 0 Å². The Kier molecular flexibility index (Phi) is 2.89. The lowest BCUT2D eigenvalue weighted by molar-refractivity contribution is 0.0947. The minimum Gasteiger partial charge on any atom is -0.343 e. The van der Waals surface area contributed by atoms with Gasteiger partial charge in [-0.05, 0) is 11.5 Å². The summed E-state index contributed by atoms with van der Waals surface area (Å²) in [6.45, 7) is 0.295. The maximum atomic E-state index is 12.1. The maximum absolute atomic E-state index is 12.1. The number of nitrogens with zero attached hydrogens (tertiary/aromatic N) is 3. The number of benzene rings is 1. The lowest BCUT2D eigenvalue weighted by Crippen LogP contribution is -2.24. The average Bonchev–Trinajstić information content (AvgIpc) is 2.97. The molecule has 0 spiro atoms. The fourth-order valence-corrected chi connectivity index (χ4v) is 1.86. The number of rotatable bonds is 3. The summed E-state index contributed by atoms with van der Waals surface area (Å²) in [5.74, 6) is 0.377. The second kappa shape index (κ2) is 4.85. The number of hydrogen-bond acceptors (Lipinski definition) is 4. The van der Waals surface area contributed by atoms with Crippen molar-refractivity contribution < 1.29 is 4.79 Å². The molecule has 0 bridgehead atoms. The molecular weight excluding hydrogens is 242 g/mol. The molecular formula is C13H11N5O. The van der Waals surface area contributed by atoms with E-state index >= 15 is 0 Å². The molecule has 3 rings (SSSR count). The first-order valence-electron chi connectivity index (χ1n) is 5.81. The molecule has 1 aromatic carbocycles. The Morgan fingerprint density at radius 3 is 2.95 bits per heavy atom. The molecule has 3 aromatic rings. The van der Waals surface area contributed by atoms with E-state index in [-0.39, 0.29) is 5.91 Å². The van der Waals surface area contributed by atoms with Crippen LogP contribution in [0.3, 0.4) is 0 Å². The predicted octanol–water partition coefficient (Wildman–Crippen LogP) is 1.28. The topological polar surface area (TPSA) is 83.6 Å². The van der Waals surface area contributed by atoms with Crippen molar-refractivity contribution in [3.05, 3.63) is 54.4 Å². The Balaban J connectivity index is 1.85. The monoisotopic (exact) mass is 253 g/mol. The number of nitrogens with one attached hydrogen (secondary N) is 2. The third-order valence-electron chi connectivity index (χ3n) is 2.77. The lowest BCUT2D eigenvalue weighted by atomic mass is 10.1. The summed E-state index contributed by atoms with van der Waals surface area (Å²) >= 11 is 0. The summed E-state index contributed by atoms with van der Waals surface area (Å²) in [7, 11) is 0. The zero-order valence-corrected chi connectivity index (χ0v) is 10.00. The lowest BCUT2D eigenvalue weighted by Gasteiger charge is -2.05. The molecule has 0 saturated heterocycles. The molecule has 0 unspecified atom stereocenters. The number of fused-ring (bicyclic) bond motifs is 1. The zero-order chi connectivity index (χ0) is 13.1. The molecule has 19 heavy (non-hydrogen) atoms. The van der Waals surface area contributed by atoms with E-state index in [1.54, 1.807) is 6.20 Å². The van der Waals surface area contributed by atoms with Gasteiger partial charge in [-0.1, -0.05) is 24.3 Å². The number of H-pyrrole nitrogens is 1. The number of aromatic nitrogens is 4. The molecule has 6 nitrogen and oxygen atoms in total. The molecule has 6 heteroatoms. The first-order valence-corrected chi connectivity index (χ1v) is 5.81. The van der Waals surface area contributed by atoms with Crippen molar-refractivity contribution in [3.8, 4) is 0 Å². The Hall–Kier alpha value is -2.76. The van der Waals surface area contributed by atoms with Crippen molar-refractivity contribution in [2.75, 3.05) is 0 Å². The van der Waals surface area contributed by atoms with Gasteiger partial charge in [-0.15, -0.1) is 0 Å². The molecule has 2 heterocycles. The minimum absolute atomic E-state index is 0.229. The second-order valence-electron chi connectivity index (χ2n) is 4.00. The third kappa shape index (κ3) is 2.28. The van der Waals surface area contributed by atoms with Gasteiger partial charge in [0.15, 0.2) is 0 Å². The SMILES string of the molecule is O=C(NCc1ncn[nH]1)c1nccc2ccccc12. The van der Waals surface area contributed by atoms with Crippen LogP contribution in [0.15, 0.2) is 42.9 Å². The predicted molar refractivity (Wildman–Crippen MR) is 69.3 cm³/mol. The van der Waals surface area contributed by atoms with Gasteiger partial charge in [0.1, 0.15) is 17.8 Å². The molecule has 0 aliphatic heterocycles. The van der Waals surface area contributed by atoms with Crippen LogP contribution in [0.1, 0.15) is 16.3 Å². The number of carbonyl (C=O) groups excluding carboxylic acids is 1. The van der Waals surface area contributed by atoms with Gasteiger partial charge < -0.3 is 5.32 Å². The average molecular weight is 253 g/mol. The van der Waals surface area contributed by atoms with Crippen molar-refractivity contribution in [2.24, 2.45) is 0 Å². The van der Waals surface area contributed by atoms with Gasteiger partial charge in [-0.3, -0.25) is 14.9 Å². The fraction of sp³-hybridized carbons (Fsp3) is 0.0769. The van der Waals surface area contributed by atoms with E-state index < -0.39 is 0 Å². The van der Waals surface area contributed by atoms with Crippen molar-refractivity contribution in [3.63, 3.8) is 0 Å². The fourth-order valence-electron chi connectivity index (χ4n) is 1.86. The molecule has 0 aliphatic carbocycles. The van der Waals surface area contributed by atoms with Gasteiger partial charge in [-0.25, -0.2) is 4.98 Å². The summed E-state index contributed by atoms with van der Waals surface area (Å²) < 4.78 is 0. The van der Waals surface area contributed by atoms with Crippen molar-refractivity contribution in [1.82, 2.24) is 25.5 Å². The number of amides is 1. The first-order chi connectivity index (χ1) is 9.34. The first kappa shape index (κ1) is 11.3. The molecule has 0 saturated carbocycles. The van der Waals surface area contributed by atoms with Crippen LogP contribution in [0, 0.1) is 0 Å². The quantitative estimate of drug-likeness (QED) is 0.736. The van der Waals surface area contributed by atoms with Crippen LogP contribution in [-0.2, 0) is 6.54 Å². The molecule has 0 atom stereocenters. The third-order valence-corrected chi connectivity index (χ3v) is 2.77.